The minimum Gasteiger partial charge on any atom is -0.296 e. The second-order valence-corrected chi connectivity index (χ2v) is 5.69. The van der Waals surface area contributed by atoms with E-state index in [0.29, 0.717) is 27.9 Å². The van der Waals surface area contributed by atoms with Crippen LogP contribution in [0, 0.1) is 5.82 Å². The molecule has 2 N–H and O–H groups in total. The van der Waals surface area contributed by atoms with Gasteiger partial charge in [0.1, 0.15) is 16.9 Å². The number of nitrogens with one attached hydrogen (secondary N) is 2. The molecule has 5 aromatic rings. The third-order valence-electron chi connectivity index (χ3n) is 4.12. The number of hydrogen-bond donors (Lipinski definition) is 2. The molecular weight excluding hydrogens is 337 g/mol. The van der Waals surface area contributed by atoms with Gasteiger partial charge in [-0.2, -0.15) is 15.4 Å². The highest BCUT2D eigenvalue weighted by Gasteiger charge is 2.16. The first-order chi connectivity index (χ1) is 12.7. The maximum Gasteiger partial charge on any atom is 0.273 e. The fourth-order valence-electron chi connectivity index (χ4n) is 2.89. The van der Waals surface area contributed by atoms with Crippen LogP contribution in [0.25, 0.3) is 39.2 Å². The number of benzene rings is 1. The van der Waals surface area contributed by atoms with Crippen LogP contribution in [0.4, 0.5) is 4.39 Å². The van der Waals surface area contributed by atoms with Crippen molar-refractivity contribution >= 4 is 16.7 Å². The third-order valence-corrected chi connectivity index (χ3v) is 4.12. The summed E-state index contributed by atoms with van der Waals surface area (Å²) in [5.74, 6) is -0.530. The number of fused-ring (bicyclic) bond motifs is 2. The van der Waals surface area contributed by atoms with Gasteiger partial charge in [-0.05, 0) is 18.2 Å². The average molecular weight is 347 g/mol. The molecule has 0 aliphatic heterocycles. The van der Waals surface area contributed by atoms with Gasteiger partial charge in [0, 0.05) is 30.1 Å². The van der Waals surface area contributed by atoms with Crippen LogP contribution in [0.5, 0.6) is 0 Å². The van der Waals surface area contributed by atoms with E-state index in [9.17, 15) is 9.18 Å². The van der Waals surface area contributed by atoms with E-state index in [-0.39, 0.29) is 16.8 Å². The summed E-state index contributed by atoms with van der Waals surface area (Å²) in [6, 6.07) is 9.49. The fraction of sp³-hybridized carbons (Fsp3) is 0. The molecule has 4 aromatic heterocycles. The lowest BCUT2D eigenvalue weighted by molar-refractivity contribution is 0.632. The third kappa shape index (κ3) is 2.10. The normalized spacial score (nSPS) is 11.4. The molecule has 126 valence electrons. The topological polar surface area (TPSA) is 105 Å². The Bertz CT molecular complexity index is 1320. The number of nitrogens with zero attached hydrogens (tertiary/aromatic N) is 5. The van der Waals surface area contributed by atoms with Crippen molar-refractivity contribution in [3.05, 3.63) is 65.0 Å². The number of aromatic nitrogens is 7. The van der Waals surface area contributed by atoms with Gasteiger partial charge in [-0.25, -0.2) is 13.9 Å². The van der Waals surface area contributed by atoms with Crippen molar-refractivity contribution in [3.8, 4) is 22.5 Å². The molecule has 0 saturated heterocycles. The van der Waals surface area contributed by atoms with Gasteiger partial charge >= 0.3 is 0 Å². The first-order valence-electron chi connectivity index (χ1n) is 7.74. The van der Waals surface area contributed by atoms with E-state index in [0.717, 1.165) is 0 Å². The zero-order chi connectivity index (χ0) is 17.7. The predicted molar refractivity (Wildman–Crippen MR) is 91.9 cm³/mol. The molecule has 0 saturated carbocycles. The van der Waals surface area contributed by atoms with Gasteiger partial charge in [0.2, 0.25) is 0 Å². The van der Waals surface area contributed by atoms with Gasteiger partial charge in [-0.1, -0.05) is 6.07 Å². The summed E-state index contributed by atoms with van der Waals surface area (Å²) in [5, 5.41) is 13.1. The molecule has 5 rings (SSSR count). The number of rotatable bonds is 2. The van der Waals surface area contributed by atoms with Crippen LogP contribution in [0.15, 0.2) is 53.6 Å². The SMILES string of the molecule is O=c1cc(-c2cc3n[nH]nc3cc2F)nc2c(-c3ccccn3)c[nH]n12. The molecule has 0 aliphatic carbocycles. The first-order valence-corrected chi connectivity index (χ1v) is 7.74. The summed E-state index contributed by atoms with van der Waals surface area (Å²) in [7, 11) is 0. The molecular formula is C17H10FN7O. The van der Waals surface area contributed by atoms with Gasteiger partial charge in [0.25, 0.3) is 5.56 Å². The van der Waals surface area contributed by atoms with Gasteiger partial charge < -0.3 is 0 Å². The molecule has 1 aromatic carbocycles. The van der Waals surface area contributed by atoms with Crippen molar-refractivity contribution in [1.29, 1.82) is 0 Å². The smallest absolute Gasteiger partial charge is 0.273 e. The maximum absolute atomic E-state index is 14.5. The van der Waals surface area contributed by atoms with E-state index >= 15 is 0 Å². The van der Waals surface area contributed by atoms with Crippen molar-refractivity contribution in [1.82, 2.24) is 35.0 Å². The average Bonchev–Trinajstić information content (AvgIpc) is 3.28. The number of hydrogen-bond acceptors (Lipinski definition) is 5. The molecule has 0 spiro atoms. The zero-order valence-electron chi connectivity index (χ0n) is 13.1. The van der Waals surface area contributed by atoms with Crippen LogP contribution in [0.2, 0.25) is 0 Å². The monoisotopic (exact) mass is 347 g/mol. The van der Waals surface area contributed by atoms with Gasteiger partial charge in [-0.15, -0.1) is 0 Å². The van der Waals surface area contributed by atoms with Crippen LogP contribution < -0.4 is 5.56 Å². The van der Waals surface area contributed by atoms with Gasteiger partial charge in [0.05, 0.1) is 17.0 Å². The molecule has 0 aliphatic rings. The molecule has 0 fully saturated rings. The summed E-state index contributed by atoms with van der Waals surface area (Å²) in [5.41, 5.74) is 2.60. The molecule has 26 heavy (non-hydrogen) atoms. The van der Waals surface area contributed by atoms with Crippen LogP contribution in [0.1, 0.15) is 0 Å². The summed E-state index contributed by atoms with van der Waals surface area (Å²) in [6.45, 7) is 0. The molecule has 0 amide bonds. The fourth-order valence-corrected chi connectivity index (χ4v) is 2.89. The molecule has 9 heteroatoms. The minimum absolute atomic E-state index is 0.180. The van der Waals surface area contributed by atoms with Crippen LogP contribution in [0.3, 0.4) is 0 Å². The Kier molecular flexibility index (Phi) is 2.95. The standard InChI is InChI=1S/C17H10FN7O/c18-11-6-15-14(22-24-23-15)5-9(11)13-7-16(26)25-17(21-13)10(8-20-25)12-3-1-2-4-19-12/h1-8,20H,(H,22,23,24). The summed E-state index contributed by atoms with van der Waals surface area (Å²) in [4.78, 5) is 21.2. The molecule has 4 heterocycles. The highest BCUT2D eigenvalue weighted by Crippen LogP contribution is 2.26. The second kappa shape index (κ2) is 5.31. The van der Waals surface area contributed by atoms with Crippen LogP contribution in [-0.4, -0.2) is 35.0 Å². The molecule has 0 radical (unpaired) electrons. The van der Waals surface area contributed by atoms with E-state index in [4.69, 9.17) is 0 Å². The Labute approximate surface area is 144 Å². The number of halogens is 1. The van der Waals surface area contributed by atoms with E-state index < -0.39 is 5.82 Å². The lowest BCUT2D eigenvalue weighted by Crippen LogP contribution is -2.14. The summed E-state index contributed by atoms with van der Waals surface area (Å²) in [6.07, 6.45) is 3.30. The van der Waals surface area contributed by atoms with E-state index in [2.05, 4.69) is 30.5 Å². The lowest BCUT2D eigenvalue weighted by Gasteiger charge is -2.04. The van der Waals surface area contributed by atoms with Gasteiger partial charge in [-0.3, -0.25) is 14.9 Å². The van der Waals surface area contributed by atoms with Crippen molar-refractivity contribution in [2.75, 3.05) is 0 Å². The molecule has 8 nitrogen and oxygen atoms in total. The largest absolute Gasteiger partial charge is 0.296 e. The highest BCUT2D eigenvalue weighted by molar-refractivity contribution is 5.82. The predicted octanol–water partition coefficient (Wildman–Crippen LogP) is 2.16. The van der Waals surface area contributed by atoms with E-state index in [1.807, 2.05) is 12.1 Å². The molecule has 0 unspecified atom stereocenters. The highest BCUT2D eigenvalue weighted by atomic mass is 19.1. The number of aromatic amines is 2. The van der Waals surface area contributed by atoms with Crippen molar-refractivity contribution in [3.63, 3.8) is 0 Å². The Balaban J connectivity index is 1.78. The van der Waals surface area contributed by atoms with Crippen LogP contribution >= 0.6 is 0 Å². The van der Waals surface area contributed by atoms with Gasteiger partial charge in [0.15, 0.2) is 5.65 Å². The Morgan fingerprint density at radius 3 is 2.65 bits per heavy atom. The zero-order valence-corrected chi connectivity index (χ0v) is 13.1. The Hall–Kier alpha value is -3.88. The van der Waals surface area contributed by atoms with Crippen LogP contribution in [-0.2, 0) is 0 Å². The lowest BCUT2D eigenvalue weighted by atomic mass is 10.1. The number of H-pyrrole nitrogens is 2. The van der Waals surface area contributed by atoms with Crippen molar-refractivity contribution in [2.24, 2.45) is 0 Å². The molecule has 0 bridgehead atoms. The van der Waals surface area contributed by atoms with Crippen molar-refractivity contribution < 1.29 is 4.39 Å². The van der Waals surface area contributed by atoms with E-state index in [1.165, 1.54) is 22.7 Å². The summed E-state index contributed by atoms with van der Waals surface area (Å²) >= 11 is 0. The quantitative estimate of drug-likeness (QED) is 0.509. The van der Waals surface area contributed by atoms with Crippen molar-refractivity contribution in [2.45, 2.75) is 0 Å². The minimum atomic E-state index is -0.530. The maximum atomic E-state index is 14.5. The molecule has 0 atom stereocenters. The Morgan fingerprint density at radius 2 is 1.85 bits per heavy atom. The Morgan fingerprint density at radius 1 is 1.00 bits per heavy atom. The first kappa shape index (κ1) is 14.5. The summed E-state index contributed by atoms with van der Waals surface area (Å²) < 4.78 is 15.8. The number of pyridine rings is 1. The van der Waals surface area contributed by atoms with E-state index in [1.54, 1.807) is 18.5 Å². The second-order valence-electron chi connectivity index (χ2n) is 5.69.